The Morgan fingerprint density at radius 3 is 2.92 bits per heavy atom. The van der Waals surface area contributed by atoms with Gasteiger partial charge in [0.1, 0.15) is 22.2 Å². The lowest BCUT2D eigenvalue weighted by atomic mass is 9.98. The van der Waals surface area contributed by atoms with Gasteiger partial charge in [-0.25, -0.2) is 9.97 Å². The number of aromatic nitrogens is 3. The number of imidazole rings is 1. The zero-order valence-corrected chi connectivity index (χ0v) is 13.9. The van der Waals surface area contributed by atoms with Crippen molar-refractivity contribution in [2.75, 3.05) is 0 Å². The largest absolute Gasteiger partial charge is 0.434 e. The van der Waals surface area contributed by atoms with Crippen molar-refractivity contribution in [2.45, 2.75) is 25.1 Å². The van der Waals surface area contributed by atoms with Crippen molar-refractivity contribution in [3.63, 3.8) is 0 Å². The molecule has 2 aromatic heterocycles. The lowest BCUT2D eigenvalue weighted by Crippen LogP contribution is -2.28. The van der Waals surface area contributed by atoms with E-state index in [-0.39, 0.29) is 17.7 Å². The topological polar surface area (TPSA) is 69.0 Å². The monoisotopic (exact) mass is 376 g/mol. The van der Waals surface area contributed by atoms with Crippen LogP contribution in [-0.4, -0.2) is 27.1 Å². The molecule has 1 aromatic carbocycles. The predicted molar refractivity (Wildman–Crippen MR) is 88.6 cm³/mol. The second kappa shape index (κ2) is 5.38. The van der Waals surface area contributed by atoms with Gasteiger partial charge in [0.25, 0.3) is 5.91 Å². The van der Waals surface area contributed by atoms with Crippen LogP contribution in [0.2, 0.25) is 5.15 Å². The van der Waals surface area contributed by atoms with E-state index in [9.17, 15) is 13.6 Å². The first-order chi connectivity index (χ1) is 12.5. The minimum absolute atomic E-state index is 0.0185. The Balaban J connectivity index is 1.79. The molecule has 4 heterocycles. The Morgan fingerprint density at radius 1 is 1.27 bits per heavy atom. The van der Waals surface area contributed by atoms with Gasteiger partial charge in [0.05, 0.1) is 12.1 Å². The fourth-order valence-corrected chi connectivity index (χ4v) is 3.99. The fourth-order valence-electron chi connectivity index (χ4n) is 3.85. The molecule has 0 radical (unpaired) electrons. The highest BCUT2D eigenvalue weighted by atomic mass is 35.5. The number of alkyl halides is 2. The van der Waals surface area contributed by atoms with Crippen LogP contribution in [0, 0.1) is 0 Å². The third-order valence-corrected chi connectivity index (χ3v) is 4.99. The molecule has 26 heavy (non-hydrogen) atoms. The third kappa shape index (κ3) is 2.11. The summed E-state index contributed by atoms with van der Waals surface area (Å²) in [5.41, 5.74) is 1.90. The van der Waals surface area contributed by atoms with E-state index in [2.05, 4.69) is 15.3 Å². The molecular weight excluding hydrogens is 366 g/mol. The van der Waals surface area contributed by atoms with Crippen molar-refractivity contribution >= 4 is 28.7 Å². The molecule has 2 aliphatic rings. The van der Waals surface area contributed by atoms with E-state index in [1.807, 2.05) is 4.57 Å². The zero-order chi connectivity index (χ0) is 18.0. The van der Waals surface area contributed by atoms with Crippen LogP contribution in [0.25, 0.3) is 11.2 Å². The molecular formula is C17H11ClF2N4O2. The van der Waals surface area contributed by atoms with E-state index in [0.29, 0.717) is 39.7 Å². The second-order valence-corrected chi connectivity index (χ2v) is 6.58. The maximum Gasteiger partial charge on any atom is 0.387 e. The average Bonchev–Trinajstić information content (AvgIpc) is 3.07. The van der Waals surface area contributed by atoms with Crippen molar-refractivity contribution in [1.82, 2.24) is 19.9 Å². The number of nitrogens with zero attached hydrogens (tertiary/aromatic N) is 3. The van der Waals surface area contributed by atoms with Gasteiger partial charge in [-0.1, -0.05) is 17.7 Å². The molecule has 1 N–H and O–H groups in total. The van der Waals surface area contributed by atoms with Crippen LogP contribution >= 0.6 is 11.6 Å². The molecule has 9 heteroatoms. The molecule has 0 aliphatic carbocycles. The normalized spacial score (nSPS) is 20.7. The van der Waals surface area contributed by atoms with Gasteiger partial charge in [0.2, 0.25) is 0 Å². The summed E-state index contributed by atoms with van der Waals surface area (Å²) in [5.74, 6) is 0.275. The molecule has 2 bridgehead atoms. The number of carbonyl (C=O) groups excluding carboxylic acids is 1. The van der Waals surface area contributed by atoms with Crippen LogP contribution in [0.3, 0.4) is 0 Å². The Labute approximate surface area is 150 Å². The highest BCUT2D eigenvalue weighted by molar-refractivity contribution is 6.29. The van der Waals surface area contributed by atoms with Crippen molar-refractivity contribution in [2.24, 2.45) is 0 Å². The van der Waals surface area contributed by atoms with Gasteiger partial charge >= 0.3 is 6.61 Å². The van der Waals surface area contributed by atoms with Crippen molar-refractivity contribution in [3.8, 4) is 5.75 Å². The van der Waals surface area contributed by atoms with Crippen molar-refractivity contribution in [3.05, 3.63) is 52.4 Å². The molecule has 0 saturated heterocycles. The molecule has 132 valence electrons. The van der Waals surface area contributed by atoms with Gasteiger partial charge in [0, 0.05) is 17.5 Å². The SMILES string of the molecule is O=C1N[C@@H]2C[C@H](c3c(OC(F)F)cccc31)n1c2nc2ccc(Cl)nc21. The second-order valence-electron chi connectivity index (χ2n) is 6.19. The first-order valence-electron chi connectivity index (χ1n) is 7.96. The summed E-state index contributed by atoms with van der Waals surface area (Å²) in [6.45, 7) is -2.99. The molecule has 0 unspecified atom stereocenters. The van der Waals surface area contributed by atoms with E-state index >= 15 is 0 Å². The summed E-state index contributed by atoms with van der Waals surface area (Å²) in [5, 5.41) is 3.22. The van der Waals surface area contributed by atoms with Crippen LogP contribution in [0.1, 0.15) is 40.3 Å². The lowest BCUT2D eigenvalue weighted by Gasteiger charge is -2.20. The molecule has 3 aromatic rings. The first kappa shape index (κ1) is 15.5. The van der Waals surface area contributed by atoms with E-state index in [1.165, 1.54) is 12.1 Å². The predicted octanol–water partition coefficient (Wildman–Crippen LogP) is 3.46. The molecule has 1 amide bonds. The minimum Gasteiger partial charge on any atom is -0.434 e. The zero-order valence-electron chi connectivity index (χ0n) is 13.1. The highest BCUT2D eigenvalue weighted by Gasteiger charge is 2.42. The average molecular weight is 377 g/mol. The Kier molecular flexibility index (Phi) is 3.21. The number of benzene rings is 1. The number of hydrogen-bond donors (Lipinski definition) is 1. The molecule has 2 atom stereocenters. The van der Waals surface area contributed by atoms with Crippen LogP contribution < -0.4 is 10.1 Å². The van der Waals surface area contributed by atoms with E-state index in [4.69, 9.17) is 16.3 Å². The van der Waals surface area contributed by atoms with Crippen LogP contribution in [0.15, 0.2) is 30.3 Å². The van der Waals surface area contributed by atoms with E-state index in [0.717, 1.165) is 0 Å². The summed E-state index contributed by atoms with van der Waals surface area (Å²) in [7, 11) is 0. The number of amides is 1. The summed E-state index contributed by atoms with van der Waals surface area (Å²) in [4.78, 5) is 21.5. The Bertz CT molecular complexity index is 1070. The number of halogens is 3. The standard InChI is InChI=1S/C17H11ClF2N4O2/c18-12-5-4-8-14(23-12)24-10-6-9(15(24)21-8)22-16(25)7-2-1-3-11(13(7)10)26-17(19)20/h1-5,9-10,17H,6H2,(H,22,25)/t9-,10-/m1/s1. The van der Waals surface area contributed by atoms with Gasteiger partial charge in [-0.15, -0.1) is 0 Å². The van der Waals surface area contributed by atoms with Crippen LogP contribution in [0.4, 0.5) is 8.78 Å². The van der Waals surface area contributed by atoms with E-state index in [1.54, 1.807) is 18.2 Å². The summed E-state index contributed by atoms with van der Waals surface area (Å²) in [6, 6.07) is 7.19. The molecule has 5 rings (SSSR count). The van der Waals surface area contributed by atoms with Crippen LogP contribution in [-0.2, 0) is 0 Å². The third-order valence-electron chi connectivity index (χ3n) is 4.78. The summed E-state index contributed by atoms with van der Waals surface area (Å²) in [6.07, 6.45) is 0.481. The molecule has 6 nitrogen and oxygen atoms in total. The van der Waals surface area contributed by atoms with Gasteiger partial charge in [-0.05, 0) is 24.3 Å². The summed E-state index contributed by atoms with van der Waals surface area (Å²) >= 11 is 6.03. The lowest BCUT2D eigenvalue weighted by molar-refractivity contribution is -0.0507. The van der Waals surface area contributed by atoms with E-state index < -0.39 is 12.7 Å². The number of nitrogens with one attached hydrogen (secondary N) is 1. The van der Waals surface area contributed by atoms with Crippen molar-refractivity contribution in [1.29, 1.82) is 0 Å². The Morgan fingerprint density at radius 2 is 2.12 bits per heavy atom. The van der Waals surface area contributed by atoms with Gasteiger partial charge in [-0.2, -0.15) is 8.78 Å². The Hall–Kier alpha value is -2.74. The number of fused-ring (bicyclic) bond motifs is 9. The highest BCUT2D eigenvalue weighted by Crippen LogP contribution is 2.47. The van der Waals surface area contributed by atoms with Gasteiger partial charge in [-0.3, -0.25) is 4.79 Å². The number of carbonyl (C=O) groups is 1. The van der Waals surface area contributed by atoms with Gasteiger partial charge < -0.3 is 14.6 Å². The number of pyridine rings is 1. The maximum absolute atomic E-state index is 12.9. The first-order valence-corrected chi connectivity index (χ1v) is 8.33. The molecule has 0 fully saturated rings. The summed E-state index contributed by atoms with van der Waals surface area (Å²) < 4.78 is 32.4. The number of ether oxygens (including phenoxy) is 1. The quantitative estimate of drug-likeness (QED) is 0.695. The maximum atomic E-state index is 12.9. The number of hydrogen-bond acceptors (Lipinski definition) is 4. The number of rotatable bonds is 2. The smallest absolute Gasteiger partial charge is 0.387 e. The molecule has 0 spiro atoms. The van der Waals surface area contributed by atoms with Crippen molar-refractivity contribution < 1.29 is 18.3 Å². The molecule has 0 saturated carbocycles. The fraction of sp³-hybridized carbons (Fsp3) is 0.235. The van der Waals surface area contributed by atoms with Crippen LogP contribution in [0.5, 0.6) is 5.75 Å². The minimum atomic E-state index is -2.99. The molecule has 2 aliphatic heterocycles. The van der Waals surface area contributed by atoms with Gasteiger partial charge in [0.15, 0.2) is 5.65 Å².